The van der Waals surface area contributed by atoms with Crippen molar-refractivity contribution in [3.05, 3.63) is 60.8 Å². The zero-order chi connectivity index (χ0) is 13.0. The molecule has 0 fully saturated rings. The SMILES string of the molecule is C=C/C=C(/C=C\CCC(=C)C)C(=C)C.CC. The third kappa shape index (κ3) is 10.8. The third-order valence-corrected chi connectivity index (χ3v) is 1.83. The maximum atomic E-state index is 3.90. The monoisotopic (exact) mass is 218 g/mol. The van der Waals surface area contributed by atoms with Crippen LogP contribution in [0.15, 0.2) is 60.8 Å². The molecule has 0 aromatic rings. The van der Waals surface area contributed by atoms with E-state index in [2.05, 4.69) is 31.9 Å². The lowest BCUT2D eigenvalue weighted by atomic mass is 10.1. The first kappa shape index (κ1) is 17.1. The van der Waals surface area contributed by atoms with E-state index >= 15 is 0 Å². The molecule has 0 aromatic heterocycles. The molecule has 0 saturated carbocycles. The topological polar surface area (TPSA) is 0 Å². The van der Waals surface area contributed by atoms with Gasteiger partial charge in [-0.25, -0.2) is 0 Å². The summed E-state index contributed by atoms with van der Waals surface area (Å²) in [6.07, 6.45) is 10.1. The molecule has 0 radical (unpaired) electrons. The molecule has 0 saturated heterocycles. The van der Waals surface area contributed by atoms with Crippen LogP contribution in [0, 0.1) is 0 Å². The minimum Gasteiger partial charge on any atom is -0.100 e. The maximum absolute atomic E-state index is 3.90. The van der Waals surface area contributed by atoms with E-state index in [-0.39, 0.29) is 0 Å². The van der Waals surface area contributed by atoms with Gasteiger partial charge in [0.15, 0.2) is 0 Å². The van der Waals surface area contributed by atoms with Gasteiger partial charge in [0.25, 0.3) is 0 Å². The van der Waals surface area contributed by atoms with E-state index in [1.54, 1.807) is 6.08 Å². The van der Waals surface area contributed by atoms with E-state index in [0.29, 0.717) is 0 Å². The summed E-state index contributed by atoms with van der Waals surface area (Å²) < 4.78 is 0. The van der Waals surface area contributed by atoms with Gasteiger partial charge in [0, 0.05) is 0 Å². The van der Waals surface area contributed by atoms with Crippen LogP contribution in [0.25, 0.3) is 0 Å². The second-order valence-corrected chi connectivity index (χ2v) is 3.54. The summed E-state index contributed by atoms with van der Waals surface area (Å²) in [5.41, 5.74) is 3.43. The number of rotatable bonds is 6. The van der Waals surface area contributed by atoms with Gasteiger partial charge < -0.3 is 0 Å². The second kappa shape index (κ2) is 11.8. The Morgan fingerprint density at radius 3 is 2.06 bits per heavy atom. The first-order valence-electron chi connectivity index (χ1n) is 5.87. The number of hydrogen-bond acceptors (Lipinski definition) is 0. The smallest absolute Gasteiger partial charge is 0.0237 e. The second-order valence-electron chi connectivity index (χ2n) is 3.54. The third-order valence-electron chi connectivity index (χ3n) is 1.83. The molecule has 0 aliphatic rings. The van der Waals surface area contributed by atoms with E-state index in [4.69, 9.17) is 0 Å². The van der Waals surface area contributed by atoms with Crippen LogP contribution < -0.4 is 0 Å². The normalized spacial score (nSPS) is 10.6. The first-order chi connectivity index (χ1) is 7.57. The molecule has 16 heavy (non-hydrogen) atoms. The summed E-state index contributed by atoms with van der Waals surface area (Å²) in [6, 6.07) is 0. The fourth-order valence-electron chi connectivity index (χ4n) is 1.01. The van der Waals surface area contributed by atoms with Crippen LogP contribution in [0.3, 0.4) is 0 Å². The zero-order valence-corrected chi connectivity index (χ0v) is 11.3. The lowest BCUT2D eigenvalue weighted by Gasteiger charge is -1.99. The van der Waals surface area contributed by atoms with Gasteiger partial charge >= 0.3 is 0 Å². The van der Waals surface area contributed by atoms with E-state index in [1.165, 1.54) is 5.57 Å². The number of hydrogen-bond donors (Lipinski definition) is 0. The fraction of sp³-hybridized carbons (Fsp3) is 0.375. The lowest BCUT2D eigenvalue weighted by Crippen LogP contribution is -1.78. The van der Waals surface area contributed by atoms with Gasteiger partial charge in [-0.2, -0.15) is 0 Å². The van der Waals surface area contributed by atoms with E-state index in [0.717, 1.165) is 24.0 Å². The predicted octanol–water partition coefficient (Wildman–Crippen LogP) is 5.61. The van der Waals surface area contributed by atoms with Crippen molar-refractivity contribution in [1.29, 1.82) is 0 Å². The summed E-state index contributed by atoms with van der Waals surface area (Å²) in [5.74, 6) is 0. The van der Waals surface area contributed by atoms with Gasteiger partial charge in [0.1, 0.15) is 0 Å². The van der Waals surface area contributed by atoms with Crippen molar-refractivity contribution >= 4 is 0 Å². The summed E-state index contributed by atoms with van der Waals surface area (Å²) in [5, 5.41) is 0. The molecule has 0 amide bonds. The van der Waals surface area contributed by atoms with Gasteiger partial charge in [0.05, 0.1) is 0 Å². The Labute approximate surface area is 102 Å². The van der Waals surface area contributed by atoms with Crippen LogP contribution in [0.4, 0.5) is 0 Å². The Bertz CT molecular complexity index is 274. The molecule has 0 N–H and O–H groups in total. The molecule has 0 heterocycles. The summed E-state index contributed by atoms with van der Waals surface area (Å²) in [6.45, 7) is 19.5. The fourth-order valence-corrected chi connectivity index (χ4v) is 1.01. The minimum absolute atomic E-state index is 1.04. The standard InChI is InChI=1S/C14H20.C2H6/c1-6-9-14(13(4)5)11-8-7-10-12(2)3;1-2/h6,8-9,11H,1-2,4,7,10H2,3,5H3;1-2H3/b11-8-,14-9-;. The average molecular weight is 218 g/mol. The van der Waals surface area contributed by atoms with Crippen molar-refractivity contribution in [2.75, 3.05) is 0 Å². The van der Waals surface area contributed by atoms with Gasteiger partial charge in [-0.15, -0.1) is 6.58 Å². The molecule has 90 valence electrons. The number of allylic oxidation sites excluding steroid dienone is 7. The van der Waals surface area contributed by atoms with Gasteiger partial charge in [-0.3, -0.25) is 0 Å². The highest BCUT2D eigenvalue weighted by Gasteiger charge is 1.90. The van der Waals surface area contributed by atoms with Crippen molar-refractivity contribution in [3.8, 4) is 0 Å². The van der Waals surface area contributed by atoms with Crippen LogP contribution in [-0.2, 0) is 0 Å². The van der Waals surface area contributed by atoms with Crippen molar-refractivity contribution in [3.63, 3.8) is 0 Å². The quantitative estimate of drug-likeness (QED) is 0.401. The summed E-state index contributed by atoms with van der Waals surface area (Å²) in [7, 11) is 0. The van der Waals surface area contributed by atoms with Crippen LogP contribution >= 0.6 is 0 Å². The minimum atomic E-state index is 1.04. The molecule has 0 unspecified atom stereocenters. The average Bonchev–Trinajstić information content (AvgIpc) is 2.25. The predicted molar refractivity (Wildman–Crippen MR) is 77.6 cm³/mol. The molecular weight excluding hydrogens is 192 g/mol. The summed E-state index contributed by atoms with van der Waals surface area (Å²) >= 11 is 0. The molecule has 0 atom stereocenters. The zero-order valence-electron chi connectivity index (χ0n) is 11.3. The molecular formula is C16H26. The molecule has 0 aromatic carbocycles. The highest BCUT2D eigenvalue weighted by Crippen LogP contribution is 2.10. The Morgan fingerprint density at radius 2 is 1.69 bits per heavy atom. The first-order valence-corrected chi connectivity index (χ1v) is 5.87. The molecule has 0 spiro atoms. The molecule has 0 rings (SSSR count). The van der Waals surface area contributed by atoms with Crippen LogP contribution in [0.2, 0.25) is 0 Å². The Kier molecular flexibility index (Phi) is 12.6. The van der Waals surface area contributed by atoms with Crippen LogP contribution in [-0.4, -0.2) is 0 Å². The Morgan fingerprint density at radius 1 is 1.12 bits per heavy atom. The van der Waals surface area contributed by atoms with Gasteiger partial charge in [0.2, 0.25) is 0 Å². The maximum Gasteiger partial charge on any atom is -0.0237 e. The van der Waals surface area contributed by atoms with Crippen molar-refractivity contribution in [2.24, 2.45) is 0 Å². The van der Waals surface area contributed by atoms with Crippen molar-refractivity contribution in [2.45, 2.75) is 40.5 Å². The Balaban J connectivity index is 0. The van der Waals surface area contributed by atoms with E-state index < -0.39 is 0 Å². The van der Waals surface area contributed by atoms with Crippen molar-refractivity contribution in [1.82, 2.24) is 0 Å². The largest absolute Gasteiger partial charge is 0.100 e. The van der Waals surface area contributed by atoms with Gasteiger partial charge in [-0.05, 0) is 32.3 Å². The van der Waals surface area contributed by atoms with Crippen LogP contribution in [0.1, 0.15) is 40.5 Å². The summed E-state index contributed by atoms with van der Waals surface area (Å²) in [4.78, 5) is 0. The highest BCUT2D eigenvalue weighted by atomic mass is 14.0. The van der Waals surface area contributed by atoms with Crippen LogP contribution in [0.5, 0.6) is 0 Å². The van der Waals surface area contributed by atoms with Crippen molar-refractivity contribution < 1.29 is 0 Å². The Hall–Kier alpha value is -1.30. The molecule has 0 aliphatic heterocycles. The molecule has 0 aliphatic carbocycles. The van der Waals surface area contributed by atoms with Gasteiger partial charge in [-0.1, -0.05) is 62.5 Å². The lowest BCUT2D eigenvalue weighted by molar-refractivity contribution is 0.983. The van der Waals surface area contributed by atoms with E-state index in [1.807, 2.05) is 33.8 Å². The molecule has 0 nitrogen and oxygen atoms in total. The van der Waals surface area contributed by atoms with E-state index in [9.17, 15) is 0 Å². The molecule has 0 heteroatoms. The highest BCUT2D eigenvalue weighted by molar-refractivity contribution is 5.38. The molecule has 0 bridgehead atoms.